The molecule has 2 aromatic carbocycles. The average molecular weight is 496 g/mol. The number of halogens is 3. The molecule has 1 aromatic heterocycles. The van der Waals surface area contributed by atoms with Gasteiger partial charge in [-0.15, -0.1) is 23.1 Å². The number of thioether (sulfide) groups is 1. The Hall–Kier alpha value is -2.52. The Balaban J connectivity index is 1.78. The fraction of sp³-hybridized carbons (Fsp3) is 0.333. The lowest BCUT2D eigenvalue weighted by Gasteiger charge is -2.17. The number of carbonyl (C=O) groups is 1. The Kier molecular flexibility index (Phi) is 7.74. The molecule has 3 rings (SSSR count). The Morgan fingerprint density at radius 3 is 2.42 bits per heavy atom. The zero-order chi connectivity index (χ0) is 24.3. The Labute approximate surface area is 198 Å². The summed E-state index contributed by atoms with van der Waals surface area (Å²) >= 11 is 3.12. The van der Waals surface area contributed by atoms with Crippen LogP contribution in [0.25, 0.3) is 10.6 Å². The van der Waals surface area contributed by atoms with Crippen molar-refractivity contribution >= 4 is 29.1 Å². The van der Waals surface area contributed by atoms with Crippen molar-refractivity contribution in [2.75, 3.05) is 6.61 Å². The van der Waals surface area contributed by atoms with Crippen molar-refractivity contribution in [2.24, 2.45) is 0 Å². The largest absolute Gasteiger partial charge is 0.482 e. The van der Waals surface area contributed by atoms with Crippen molar-refractivity contribution < 1.29 is 27.8 Å². The van der Waals surface area contributed by atoms with E-state index in [0.29, 0.717) is 22.1 Å². The number of alkyl halides is 3. The third-order valence-corrected chi connectivity index (χ3v) is 7.56. The van der Waals surface area contributed by atoms with Crippen LogP contribution in [0.3, 0.4) is 0 Å². The SMILES string of the molecule is Cc1cc(OCC(=O)O)c(C(C)C)cc1SCc1sc(-c2ccc(C(F)(F)F)cc2)nc1C. The molecule has 33 heavy (non-hydrogen) atoms. The lowest BCUT2D eigenvalue weighted by atomic mass is 10.0. The van der Waals surface area contributed by atoms with E-state index in [0.717, 1.165) is 38.7 Å². The molecule has 1 N–H and O–H groups in total. The number of benzene rings is 2. The van der Waals surface area contributed by atoms with Gasteiger partial charge in [-0.05, 0) is 55.2 Å². The highest BCUT2D eigenvalue weighted by Crippen LogP contribution is 2.38. The number of thiazole rings is 1. The van der Waals surface area contributed by atoms with Crippen molar-refractivity contribution in [3.63, 3.8) is 0 Å². The highest BCUT2D eigenvalue weighted by atomic mass is 32.2. The molecule has 4 nitrogen and oxygen atoms in total. The van der Waals surface area contributed by atoms with Crippen molar-refractivity contribution in [1.29, 1.82) is 0 Å². The van der Waals surface area contributed by atoms with Crippen molar-refractivity contribution in [1.82, 2.24) is 4.98 Å². The number of rotatable bonds is 8. The molecule has 0 aliphatic carbocycles. The number of hydrogen-bond acceptors (Lipinski definition) is 5. The summed E-state index contributed by atoms with van der Waals surface area (Å²) in [5.41, 5.74) is 2.75. The van der Waals surface area contributed by atoms with E-state index >= 15 is 0 Å². The molecule has 1 heterocycles. The zero-order valence-electron chi connectivity index (χ0n) is 18.6. The molecular weight excluding hydrogens is 471 g/mol. The average Bonchev–Trinajstić information content (AvgIpc) is 3.11. The number of nitrogens with zero attached hydrogens (tertiary/aromatic N) is 1. The number of ether oxygens (including phenoxy) is 1. The predicted octanol–water partition coefficient (Wildman–Crippen LogP) is 7.32. The second-order valence-corrected chi connectivity index (χ2v) is 9.98. The van der Waals surface area contributed by atoms with Gasteiger partial charge < -0.3 is 9.84 Å². The maximum Gasteiger partial charge on any atom is 0.416 e. The summed E-state index contributed by atoms with van der Waals surface area (Å²) in [5.74, 6) is 0.376. The molecule has 0 radical (unpaired) electrons. The number of aromatic nitrogens is 1. The lowest BCUT2D eigenvalue weighted by Crippen LogP contribution is -2.11. The molecule has 0 aliphatic rings. The predicted molar refractivity (Wildman–Crippen MR) is 125 cm³/mol. The van der Waals surface area contributed by atoms with Gasteiger partial charge in [-0.3, -0.25) is 0 Å². The lowest BCUT2D eigenvalue weighted by molar-refractivity contribution is -0.139. The van der Waals surface area contributed by atoms with Crippen LogP contribution in [0.15, 0.2) is 41.3 Å². The van der Waals surface area contributed by atoms with Crippen LogP contribution in [0.1, 0.15) is 47.0 Å². The van der Waals surface area contributed by atoms with Gasteiger partial charge >= 0.3 is 12.1 Å². The van der Waals surface area contributed by atoms with Crippen LogP contribution in [0, 0.1) is 13.8 Å². The molecule has 0 atom stereocenters. The monoisotopic (exact) mass is 495 g/mol. The van der Waals surface area contributed by atoms with Crippen LogP contribution in [0.2, 0.25) is 0 Å². The van der Waals surface area contributed by atoms with E-state index < -0.39 is 24.3 Å². The van der Waals surface area contributed by atoms with Gasteiger partial charge in [-0.2, -0.15) is 13.2 Å². The summed E-state index contributed by atoms with van der Waals surface area (Å²) in [6.07, 6.45) is -4.36. The van der Waals surface area contributed by atoms with E-state index in [2.05, 4.69) is 4.98 Å². The highest BCUT2D eigenvalue weighted by Gasteiger charge is 2.30. The third kappa shape index (κ3) is 6.29. The van der Waals surface area contributed by atoms with Crippen molar-refractivity contribution in [3.05, 3.63) is 63.7 Å². The maximum atomic E-state index is 12.8. The van der Waals surface area contributed by atoms with E-state index in [1.54, 1.807) is 11.8 Å². The first kappa shape index (κ1) is 25.1. The summed E-state index contributed by atoms with van der Waals surface area (Å²) in [7, 11) is 0. The van der Waals surface area contributed by atoms with Crippen LogP contribution < -0.4 is 4.74 Å². The van der Waals surface area contributed by atoms with E-state index in [1.807, 2.05) is 39.8 Å². The topological polar surface area (TPSA) is 59.4 Å². The van der Waals surface area contributed by atoms with Gasteiger partial charge in [0.05, 0.1) is 11.3 Å². The molecule has 0 saturated carbocycles. The van der Waals surface area contributed by atoms with Crippen molar-refractivity contribution in [3.8, 4) is 16.3 Å². The second-order valence-electron chi connectivity index (χ2n) is 7.88. The number of hydrogen-bond donors (Lipinski definition) is 1. The molecule has 0 fully saturated rings. The van der Waals surface area contributed by atoms with Gasteiger partial charge in [-0.1, -0.05) is 26.0 Å². The molecule has 0 spiro atoms. The molecular formula is C24H24F3NO3S2. The second kappa shape index (κ2) is 10.2. The first-order chi connectivity index (χ1) is 15.5. The number of aliphatic carboxylic acids is 1. The summed E-state index contributed by atoms with van der Waals surface area (Å²) in [6, 6.07) is 8.96. The summed E-state index contributed by atoms with van der Waals surface area (Å²) < 4.78 is 43.9. The first-order valence-electron chi connectivity index (χ1n) is 10.2. The number of carboxylic acid groups (broad SMARTS) is 1. The van der Waals surface area contributed by atoms with Crippen LogP contribution in [0.5, 0.6) is 5.75 Å². The van der Waals surface area contributed by atoms with Crippen LogP contribution in [0.4, 0.5) is 13.2 Å². The van der Waals surface area contributed by atoms with Crippen LogP contribution >= 0.6 is 23.1 Å². The molecule has 0 unspecified atom stereocenters. The minimum absolute atomic E-state index is 0.158. The number of carboxylic acids is 1. The third-order valence-electron chi connectivity index (χ3n) is 4.99. The van der Waals surface area contributed by atoms with Gasteiger partial charge in [0.2, 0.25) is 0 Å². The maximum absolute atomic E-state index is 12.8. The van der Waals surface area contributed by atoms with E-state index in [-0.39, 0.29) is 5.92 Å². The standard InChI is InChI=1S/C24H24F3NO3S2/c1-13(2)18-10-20(14(3)9-19(18)31-11-22(29)30)32-12-21-15(4)28-23(33-21)16-5-7-17(8-6-16)24(25,26)27/h5-10,13H,11-12H2,1-4H3,(H,29,30). The Morgan fingerprint density at radius 1 is 1.18 bits per heavy atom. The normalized spacial score (nSPS) is 11.8. The highest BCUT2D eigenvalue weighted by molar-refractivity contribution is 7.98. The van der Waals surface area contributed by atoms with Crippen LogP contribution in [-0.4, -0.2) is 22.7 Å². The minimum atomic E-state index is -4.36. The summed E-state index contributed by atoms with van der Waals surface area (Å²) in [6.45, 7) is 7.51. The van der Waals surface area contributed by atoms with Gasteiger partial charge in [-0.25, -0.2) is 9.78 Å². The molecule has 0 amide bonds. The first-order valence-corrected chi connectivity index (χ1v) is 12.0. The molecule has 0 aliphatic heterocycles. The number of aryl methyl sites for hydroxylation is 2. The minimum Gasteiger partial charge on any atom is -0.482 e. The molecule has 0 saturated heterocycles. The van der Waals surface area contributed by atoms with Gasteiger partial charge in [0.25, 0.3) is 0 Å². The molecule has 176 valence electrons. The fourth-order valence-corrected chi connectivity index (χ4v) is 5.45. The Morgan fingerprint density at radius 2 is 1.85 bits per heavy atom. The summed E-state index contributed by atoms with van der Waals surface area (Å²) in [5, 5.41) is 9.60. The molecule has 9 heteroatoms. The van der Waals surface area contributed by atoms with Gasteiger partial charge in [0.1, 0.15) is 10.8 Å². The van der Waals surface area contributed by atoms with E-state index in [4.69, 9.17) is 9.84 Å². The Bertz CT molecular complexity index is 1140. The molecule has 3 aromatic rings. The van der Waals surface area contributed by atoms with Gasteiger partial charge in [0, 0.05) is 21.1 Å². The smallest absolute Gasteiger partial charge is 0.416 e. The van der Waals surface area contributed by atoms with E-state index in [1.165, 1.54) is 23.5 Å². The molecule has 0 bridgehead atoms. The zero-order valence-corrected chi connectivity index (χ0v) is 20.2. The quantitative estimate of drug-likeness (QED) is 0.332. The van der Waals surface area contributed by atoms with E-state index in [9.17, 15) is 18.0 Å². The van der Waals surface area contributed by atoms with Crippen molar-refractivity contribution in [2.45, 2.75) is 50.4 Å². The fourth-order valence-electron chi connectivity index (χ4n) is 3.18. The van der Waals surface area contributed by atoms with Gasteiger partial charge in [0.15, 0.2) is 6.61 Å². The van der Waals surface area contributed by atoms with Crippen LogP contribution in [-0.2, 0) is 16.7 Å². The summed E-state index contributed by atoms with van der Waals surface area (Å²) in [4.78, 5) is 17.5.